The van der Waals surface area contributed by atoms with E-state index in [9.17, 15) is 10.2 Å². The van der Waals surface area contributed by atoms with Crippen molar-refractivity contribution in [1.29, 1.82) is 0 Å². The number of aromatic nitrogens is 3. The van der Waals surface area contributed by atoms with Gasteiger partial charge in [-0.05, 0) is 44.5 Å². The Morgan fingerprint density at radius 3 is 2.28 bits per heavy atom. The molecule has 0 aliphatic carbocycles. The minimum Gasteiger partial charge on any atom is -0.504 e. The van der Waals surface area contributed by atoms with Crippen LogP contribution in [0.5, 0.6) is 11.5 Å². The van der Waals surface area contributed by atoms with Gasteiger partial charge in [-0.1, -0.05) is 42.5 Å². The molecule has 0 atom stereocenters. The van der Waals surface area contributed by atoms with Crippen molar-refractivity contribution in [2.24, 2.45) is 0 Å². The fourth-order valence-corrected chi connectivity index (χ4v) is 2.45. The molecule has 0 fully saturated rings. The number of hydrogen-bond donors (Lipinski definition) is 2. The van der Waals surface area contributed by atoms with E-state index in [1.54, 1.807) is 6.07 Å². The smallest absolute Gasteiger partial charge is 0.181 e. The van der Waals surface area contributed by atoms with Crippen LogP contribution < -0.4 is 0 Å². The highest BCUT2D eigenvalue weighted by Gasteiger charge is 2.20. The quantitative estimate of drug-likeness (QED) is 0.701. The maximum atomic E-state index is 9.62. The lowest BCUT2D eigenvalue weighted by Gasteiger charge is -2.20. The summed E-state index contributed by atoms with van der Waals surface area (Å²) in [5, 5.41) is 23.7. The zero-order chi connectivity index (χ0) is 18.0. The van der Waals surface area contributed by atoms with E-state index in [2.05, 4.69) is 30.9 Å². The van der Waals surface area contributed by atoms with Gasteiger partial charge in [-0.15, -0.1) is 5.10 Å². The lowest BCUT2D eigenvalue weighted by molar-refractivity contribution is 0.352. The molecule has 0 saturated carbocycles. The van der Waals surface area contributed by atoms with Crippen molar-refractivity contribution >= 4 is 12.2 Å². The molecule has 25 heavy (non-hydrogen) atoms. The fraction of sp³-hybridized carbons (Fsp3) is 0.200. The normalized spacial score (nSPS) is 12.0. The van der Waals surface area contributed by atoms with E-state index in [-0.39, 0.29) is 17.0 Å². The van der Waals surface area contributed by atoms with Crippen molar-refractivity contribution in [2.75, 3.05) is 0 Å². The van der Waals surface area contributed by atoms with E-state index >= 15 is 0 Å². The van der Waals surface area contributed by atoms with Gasteiger partial charge in [0.25, 0.3) is 0 Å². The Morgan fingerprint density at radius 2 is 1.64 bits per heavy atom. The average molecular weight is 335 g/mol. The Balaban J connectivity index is 2.00. The van der Waals surface area contributed by atoms with Crippen molar-refractivity contribution in [1.82, 2.24) is 14.8 Å². The minimum absolute atomic E-state index is 0.138. The Bertz CT molecular complexity index is 906. The van der Waals surface area contributed by atoms with Crippen LogP contribution in [-0.4, -0.2) is 25.0 Å². The zero-order valence-electron chi connectivity index (χ0n) is 14.5. The summed E-state index contributed by atoms with van der Waals surface area (Å²) in [6.45, 7) is 6.21. The summed E-state index contributed by atoms with van der Waals surface area (Å²) in [6, 6.07) is 14.5. The highest BCUT2D eigenvalue weighted by atomic mass is 16.3. The summed E-state index contributed by atoms with van der Waals surface area (Å²) in [4.78, 5) is 4.66. The fourth-order valence-electron chi connectivity index (χ4n) is 2.45. The van der Waals surface area contributed by atoms with E-state index in [4.69, 9.17) is 0 Å². The molecule has 0 aliphatic rings. The number of aromatic hydroxyl groups is 2. The summed E-state index contributed by atoms with van der Waals surface area (Å²) < 4.78 is 1.88. The second kappa shape index (κ2) is 6.43. The summed E-state index contributed by atoms with van der Waals surface area (Å²) in [5.74, 6) is 1.11. The monoisotopic (exact) mass is 335 g/mol. The van der Waals surface area contributed by atoms with Crippen molar-refractivity contribution in [2.45, 2.75) is 26.3 Å². The lowest BCUT2D eigenvalue weighted by Crippen LogP contribution is -2.24. The second-order valence-corrected chi connectivity index (χ2v) is 6.82. The summed E-state index contributed by atoms with van der Waals surface area (Å²) in [5.41, 5.74) is 1.50. The van der Waals surface area contributed by atoms with Gasteiger partial charge in [0, 0.05) is 5.56 Å². The average Bonchev–Trinajstić information content (AvgIpc) is 3.01. The molecule has 0 spiro atoms. The molecule has 5 nitrogen and oxygen atoms in total. The lowest BCUT2D eigenvalue weighted by atomic mass is 10.1. The van der Waals surface area contributed by atoms with E-state index in [1.807, 2.05) is 47.2 Å². The minimum atomic E-state index is -0.225. The second-order valence-electron chi connectivity index (χ2n) is 6.82. The molecule has 2 N–H and O–H groups in total. The van der Waals surface area contributed by atoms with Crippen molar-refractivity contribution in [3.63, 3.8) is 0 Å². The number of phenolic OH excluding ortho intramolecular Hbond substituents is 2. The van der Waals surface area contributed by atoms with E-state index in [0.717, 1.165) is 17.0 Å². The van der Waals surface area contributed by atoms with Gasteiger partial charge in [0.15, 0.2) is 23.1 Å². The largest absolute Gasteiger partial charge is 0.504 e. The van der Waals surface area contributed by atoms with Gasteiger partial charge in [0.1, 0.15) is 0 Å². The van der Waals surface area contributed by atoms with Gasteiger partial charge in [-0.2, -0.15) is 0 Å². The van der Waals surface area contributed by atoms with Gasteiger partial charge in [0.05, 0.1) is 5.54 Å². The Kier molecular flexibility index (Phi) is 4.31. The maximum absolute atomic E-state index is 9.62. The van der Waals surface area contributed by atoms with Crippen molar-refractivity contribution < 1.29 is 10.2 Å². The van der Waals surface area contributed by atoms with Gasteiger partial charge in [0.2, 0.25) is 0 Å². The number of benzene rings is 2. The van der Waals surface area contributed by atoms with Crippen molar-refractivity contribution in [3.05, 3.63) is 59.9 Å². The Morgan fingerprint density at radius 1 is 0.920 bits per heavy atom. The van der Waals surface area contributed by atoms with E-state index in [0.29, 0.717) is 5.82 Å². The number of nitrogens with zero attached hydrogens (tertiary/aromatic N) is 3. The van der Waals surface area contributed by atoms with Crippen LogP contribution in [0.1, 0.15) is 32.2 Å². The molecule has 5 heteroatoms. The third kappa shape index (κ3) is 3.71. The molecule has 2 aromatic carbocycles. The number of phenols is 2. The van der Waals surface area contributed by atoms with E-state index < -0.39 is 0 Å². The predicted molar refractivity (Wildman–Crippen MR) is 99.2 cm³/mol. The van der Waals surface area contributed by atoms with Crippen LogP contribution in [-0.2, 0) is 5.54 Å². The van der Waals surface area contributed by atoms with Gasteiger partial charge >= 0.3 is 0 Å². The molecular formula is C20H21N3O2. The Labute approximate surface area is 146 Å². The molecule has 1 aromatic heterocycles. The molecule has 128 valence electrons. The molecule has 0 amide bonds. The van der Waals surface area contributed by atoms with Crippen LogP contribution in [0.4, 0.5) is 0 Å². The van der Waals surface area contributed by atoms with Crippen LogP contribution in [0.2, 0.25) is 0 Å². The summed E-state index contributed by atoms with van der Waals surface area (Å²) in [7, 11) is 0. The van der Waals surface area contributed by atoms with E-state index in [1.165, 1.54) is 12.1 Å². The number of rotatable bonds is 3. The summed E-state index contributed by atoms with van der Waals surface area (Å²) >= 11 is 0. The zero-order valence-corrected chi connectivity index (χ0v) is 14.5. The highest BCUT2D eigenvalue weighted by molar-refractivity contribution is 5.69. The third-order valence-electron chi connectivity index (χ3n) is 3.72. The Hall–Kier alpha value is -3.08. The SMILES string of the molecule is CC(C)(C)n1nc(-c2ccccc2)nc1/C=C/c1ccc(O)c(O)c1. The van der Waals surface area contributed by atoms with Crippen LogP contribution >= 0.6 is 0 Å². The van der Waals surface area contributed by atoms with Crippen LogP contribution in [0.3, 0.4) is 0 Å². The number of hydrogen-bond acceptors (Lipinski definition) is 4. The predicted octanol–water partition coefficient (Wildman–Crippen LogP) is 4.28. The molecule has 0 bridgehead atoms. The maximum Gasteiger partial charge on any atom is 0.181 e. The van der Waals surface area contributed by atoms with Crippen molar-refractivity contribution in [3.8, 4) is 22.9 Å². The first-order valence-electron chi connectivity index (χ1n) is 8.07. The third-order valence-corrected chi connectivity index (χ3v) is 3.72. The van der Waals surface area contributed by atoms with Crippen LogP contribution in [0.25, 0.3) is 23.5 Å². The molecule has 3 aromatic rings. The first-order chi connectivity index (χ1) is 11.8. The standard InChI is InChI=1S/C20H21N3O2/c1-20(2,3)23-18(12-10-14-9-11-16(24)17(25)13-14)21-19(22-23)15-7-5-4-6-8-15/h4-13,24-25H,1-3H3/b12-10+. The topological polar surface area (TPSA) is 71.2 Å². The van der Waals surface area contributed by atoms with Crippen LogP contribution in [0, 0.1) is 0 Å². The molecule has 3 rings (SSSR count). The molecule has 0 aliphatic heterocycles. The first kappa shape index (κ1) is 16.8. The van der Waals surface area contributed by atoms with Gasteiger partial charge in [-0.3, -0.25) is 0 Å². The van der Waals surface area contributed by atoms with Gasteiger partial charge in [-0.25, -0.2) is 9.67 Å². The molecule has 0 saturated heterocycles. The van der Waals surface area contributed by atoms with Gasteiger partial charge < -0.3 is 10.2 Å². The summed E-state index contributed by atoms with van der Waals surface area (Å²) in [6.07, 6.45) is 3.69. The molecule has 1 heterocycles. The first-order valence-corrected chi connectivity index (χ1v) is 8.07. The molecule has 0 radical (unpaired) electrons. The molecular weight excluding hydrogens is 314 g/mol. The highest BCUT2D eigenvalue weighted by Crippen LogP contribution is 2.26. The molecule has 0 unspecified atom stereocenters. The van der Waals surface area contributed by atoms with Crippen LogP contribution in [0.15, 0.2) is 48.5 Å².